The number of carbonyl (C=O) groups is 2. The number of likely N-dealkylation sites (N-methyl/N-ethyl adjacent to an activating group) is 1. The highest BCUT2D eigenvalue weighted by Crippen LogP contribution is 2.40. The lowest BCUT2D eigenvalue weighted by atomic mass is 9.95. The van der Waals surface area contributed by atoms with E-state index in [-0.39, 0.29) is 11.3 Å². The second-order valence-electron chi connectivity index (χ2n) is 8.81. The highest BCUT2D eigenvalue weighted by molar-refractivity contribution is 6.46. The first kappa shape index (κ1) is 27.3. The molecule has 0 spiro atoms. The van der Waals surface area contributed by atoms with Crippen molar-refractivity contribution in [2.45, 2.75) is 46.6 Å². The van der Waals surface area contributed by atoms with Crippen LogP contribution < -0.4 is 9.47 Å². The highest BCUT2D eigenvalue weighted by atomic mass is 16.5. The van der Waals surface area contributed by atoms with Crippen LogP contribution in [0.25, 0.3) is 5.76 Å². The molecule has 194 valence electrons. The van der Waals surface area contributed by atoms with Crippen LogP contribution in [0.15, 0.2) is 54.1 Å². The van der Waals surface area contributed by atoms with Gasteiger partial charge in [0.25, 0.3) is 11.7 Å². The molecule has 1 amide bonds. The number of ketones is 1. The van der Waals surface area contributed by atoms with Gasteiger partial charge < -0.3 is 24.4 Å². The van der Waals surface area contributed by atoms with E-state index in [2.05, 4.69) is 18.7 Å². The molecule has 1 fully saturated rings. The zero-order valence-electron chi connectivity index (χ0n) is 21.8. The Labute approximate surface area is 214 Å². The van der Waals surface area contributed by atoms with Crippen LogP contribution in [0.4, 0.5) is 0 Å². The summed E-state index contributed by atoms with van der Waals surface area (Å²) < 4.78 is 11.3. The number of likely N-dealkylation sites (tertiary alicyclic amines) is 1. The Morgan fingerprint density at radius 2 is 1.39 bits per heavy atom. The van der Waals surface area contributed by atoms with Crippen molar-refractivity contribution < 1.29 is 24.2 Å². The molecule has 36 heavy (non-hydrogen) atoms. The fourth-order valence-electron chi connectivity index (χ4n) is 4.30. The van der Waals surface area contributed by atoms with Crippen molar-refractivity contribution in [2.24, 2.45) is 0 Å². The summed E-state index contributed by atoms with van der Waals surface area (Å²) in [6.07, 6.45) is 1.79. The normalized spacial score (nSPS) is 17.1. The summed E-state index contributed by atoms with van der Waals surface area (Å²) in [5.41, 5.74) is 1.32. The zero-order valence-corrected chi connectivity index (χ0v) is 21.8. The lowest BCUT2D eigenvalue weighted by molar-refractivity contribution is -0.140. The number of aliphatic hydroxyl groups excluding tert-OH is 1. The van der Waals surface area contributed by atoms with E-state index >= 15 is 0 Å². The maximum atomic E-state index is 13.2. The molecule has 2 aromatic rings. The minimum absolute atomic E-state index is 0.101. The molecule has 0 aliphatic carbocycles. The summed E-state index contributed by atoms with van der Waals surface area (Å²) in [7, 11) is 0. The van der Waals surface area contributed by atoms with Crippen molar-refractivity contribution in [1.29, 1.82) is 0 Å². The third-order valence-corrected chi connectivity index (χ3v) is 6.36. The molecule has 3 rings (SSSR count). The number of carbonyl (C=O) groups excluding carboxylic acids is 2. The van der Waals surface area contributed by atoms with E-state index in [9.17, 15) is 14.7 Å². The molecule has 1 aliphatic rings. The van der Waals surface area contributed by atoms with Crippen molar-refractivity contribution in [3.63, 3.8) is 0 Å². The van der Waals surface area contributed by atoms with E-state index < -0.39 is 17.7 Å². The standard InChI is InChI=1S/C29H38N2O5/c1-5-19-35-23-13-9-21(10-14-23)26-25(27(32)22-11-15-24(16-12-22)36-20-6-2)28(33)29(34)31(26)18-17-30(7-3)8-4/h9-16,26,32H,5-8,17-20H2,1-4H3/b27-25+/t26-/m1/s1. The second kappa shape index (κ2) is 13.1. The Balaban J connectivity index is 2.01. The van der Waals surface area contributed by atoms with Crippen molar-refractivity contribution in [3.05, 3.63) is 65.2 Å². The molecule has 0 aromatic heterocycles. The minimum Gasteiger partial charge on any atom is -0.507 e. The van der Waals surface area contributed by atoms with Gasteiger partial charge in [0.05, 0.1) is 24.8 Å². The molecule has 0 bridgehead atoms. The molecule has 0 unspecified atom stereocenters. The number of ether oxygens (including phenoxy) is 2. The molecular formula is C29H38N2O5. The van der Waals surface area contributed by atoms with Gasteiger partial charge in [0, 0.05) is 18.7 Å². The average molecular weight is 495 g/mol. The van der Waals surface area contributed by atoms with Gasteiger partial charge in [-0.15, -0.1) is 0 Å². The van der Waals surface area contributed by atoms with Crippen LogP contribution in [-0.2, 0) is 9.59 Å². The van der Waals surface area contributed by atoms with Crippen LogP contribution in [-0.4, -0.2) is 66.0 Å². The number of hydrogen-bond donors (Lipinski definition) is 1. The van der Waals surface area contributed by atoms with Crippen molar-refractivity contribution in [2.75, 3.05) is 39.4 Å². The van der Waals surface area contributed by atoms with Gasteiger partial charge in [0.2, 0.25) is 0 Å². The fraction of sp³-hybridized carbons (Fsp3) is 0.448. The molecule has 0 saturated carbocycles. The van der Waals surface area contributed by atoms with Gasteiger partial charge in [0.15, 0.2) is 0 Å². The molecule has 1 saturated heterocycles. The van der Waals surface area contributed by atoms with Gasteiger partial charge in [-0.3, -0.25) is 9.59 Å². The number of rotatable bonds is 13. The summed E-state index contributed by atoms with van der Waals surface area (Å²) in [6.45, 7) is 12.1. The summed E-state index contributed by atoms with van der Waals surface area (Å²) in [6, 6.07) is 13.7. The first-order valence-electron chi connectivity index (χ1n) is 12.9. The summed E-state index contributed by atoms with van der Waals surface area (Å²) in [5.74, 6) is -0.0368. The Hall–Kier alpha value is -3.32. The quantitative estimate of drug-likeness (QED) is 0.239. The van der Waals surface area contributed by atoms with E-state index in [1.165, 1.54) is 0 Å². The number of amides is 1. The van der Waals surface area contributed by atoms with E-state index in [0.717, 1.165) is 37.2 Å². The molecule has 7 heteroatoms. The van der Waals surface area contributed by atoms with Crippen LogP contribution in [0, 0.1) is 0 Å². The first-order chi connectivity index (χ1) is 17.4. The summed E-state index contributed by atoms with van der Waals surface area (Å²) in [4.78, 5) is 30.2. The third kappa shape index (κ3) is 6.26. The van der Waals surface area contributed by atoms with Crippen LogP contribution in [0.2, 0.25) is 0 Å². The average Bonchev–Trinajstić information content (AvgIpc) is 3.16. The minimum atomic E-state index is -0.684. The first-order valence-corrected chi connectivity index (χ1v) is 12.9. The molecule has 0 radical (unpaired) electrons. The molecule has 2 aromatic carbocycles. The van der Waals surface area contributed by atoms with E-state index in [4.69, 9.17) is 9.47 Å². The van der Waals surface area contributed by atoms with Crippen LogP contribution in [0.3, 0.4) is 0 Å². The second-order valence-corrected chi connectivity index (χ2v) is 8.81. The van der Waals surface area contributed by atoms with Gasteiger partial charge in [-0.25, -0.2) is 0 Å². The maximum Gasteiger partial charge on any atom is 0.295 e. The van der Waals surface area contributed by atoms with Crippen molar-refractivity contribution >= 4 is 17.4 Å². The summed E-state index contributed by atoms with van der Waals surface area (Å²) >= 11 is 0. The molecular weight excluding hydrogens is 456 g/mol. The smallest absolute Gasteiger partial charge is 0.295 e. The monoisotopic (exact) mass is 494 g/mol. The number of aliphatic hydroxyl groups is 1. The highest BCUT2D eigenvalue weighted by Gasteiger charge is 2.46. The predicted octanol–water partition coefficient (Wildman–Crippen LogP) is 5.03. The molecule has 1 heterocycles. The van der Waals surface area contributed by atoms with E-state index in [1.54, 1.807) is 29.2 Å². The Bertz CT molecular complexity index is 1040. The molecule has 1 atom stereocenters. The Morgan fingerprint density at radius 3 is 1.89 bits per heavy atom. The largest absolute Gasteiger partial charge is 0.507 e. The molecule has 7 nitrogen and oxygen atoms in total. The Kier molecular flexibility index (Phi) is 9.94. The van der Waals surface area contributed by atoms with Crippen LogP contribution in [0.5, 0.6) is 11.5 Å². The van der Waals surface area contributed by atoms with Gasteiger partial charge in [0.1, 0.15) is 17.3 Å². The number of hydrogen-bond acceptors (Lipinski definition) is 6. The fourth-order valence-corrected chi connectivity index (χ4v) is 4.30. The van der Waals surface area contributed by atoms with Gasteiger partial charge in [-0.2, -0.15) is 0 Å². The number of Topliss-reactive ketones (excluding diaryl/α,β-unsaturated/α-hetero) is 1. The molecule has 1 aliphatic heterocycles. The summed E-state index contributed by atoms with van der Waals surface area (Å²) in [5, 5.41) is 11.3. The number of nitrogens with zero attached hydrogens (tertiary/aromatic N) is 2. The van der Waals surface area contributed by atoms with Gasteiger partial charge in [-0.1, -0.05) is 39.8 Å². The molecule has 1 N–H and O–H groups in total. The lowest BCUT2D eigenvalue weighted by Crippen LogP contribution is -2.38. The van der Waals surface area contributed by atoms with Crippen molar-refractivity contribution in [3.8, 4) is 11.5 Å². The topological polar surface area (TPSA) is 79.3 Å². The SMILES string of the molecule is CCCOc1ccc(/C(O)=C2\C(=O)C(=O)N(CCN(CC)CC)[C@@H]2c2ccc(OCCC)cc2)cc1. The van der Waals surface area contributed by atoms with Gasteiger partial charge in [-0.05, 0) is 67.9 Å². The van der Waals surface area contributed by atoms with Crippen molar-refractivity contribution in [1.82, 2.24) is 9.80 Å². The Morgan fingerprint density at radius 1 is 0.861 bits per heavy atom. The van der Waals surface area contributed by atoms with Crippen LogP contribution >= 0.6 is 0 Å². The third-order valence-electron chi connectivity index (χ3n) is 6.36. The number of benzene rings is 2. The van der Waals surface area contributed by atoms with Gasteiger partial charge >= 0.3 is 0 Å². The predicted molar refractivity (Wildman–Crippen MR) is 141 cm³/mol. The van der Waals surface area contributed by atoms with Crippen LogP contribution in [0.1, 0.15) is 57.7 Å². The van der Waals surface area contributed by atoms with E-state index in [0.29, 0.717) is 37.6 Å². The van der Waals surface area contributed by atoms with E-state index in [1.807, 2.05) is 38.1 Å². The lowest BCUT2D eigenvalue weighted by Gasteiger charge is -2.28. The zero-order chi connectivity index (χ0) is 26.1. The maximum absolute atomic E-state index is 13.2.